The van der Waals surface area contributed by atoms with Crippen molar-refractivity contribution in [1.82, 2.24) is 4.90 Å². The SMILES string of the molecule is C=CCO/N=C1\[C@H](C)C[C@@](C)(OC)[C@H](O[C@@H]2O[C@H](C)C[C@H](N(C)C(=O)OCc3ccccc3)[C@H]2OC(=O)OCc2ccccc2)[C@@H](C)[C@H](O[C@H]2C[C@@](C)(OC)[C@@H](O)[C@H](C)O2)[C@@H](C)C(=O)O[C@H](CC)[C@@](C)(O)[C@H](O)[C@H]1C. The molecule has 3 aliphatic heterocycles. The van der Waals surface area contributed by atoms with Crippen LogP contribution in [0.1, 0.15) is 106 Å². The highest BCUT2D eigenvalue weighted by Gasteiger charge is 2.55. The minimum absolute atomic E-state index is 0.0264. The van der Waals surface area contributed by atoms with Gasteiger partial charge >= 0.3 is 18.2 Å². The fourth-order valence-corrected chi connectivity index (χ4v) is 10.7. The van der Waals surface area contributed by atoms with Gasteiger partial charge in [-0.2, -0.15) is 0 Å². The average Bonchev–Trinajstić information content (AvgIpc) is 3.39. The van der Waals surface area contributed by atoms with Gasteiger partial charge < -0.3 is 72.4 Å². The quantitative estimate of drug-likeness (QED) is 0.0486. The van der Waals surface area contributed by atoms with Crippen molar-refractivity contribution in [3.05, 3.63) is 84.4 Å². The summed E-state index contributed by atoms with van der Waals surface area (Å²) in [7, 11) is 4.53. The molecule has 3 aliphatic rings. The van der Waals surface area contributed by atoms with Crippen molar-refractivity contribution in [2.75, 3.05) is 27.9 Å². The number of benzene rings is 2. The van der Waals surface area contributed by atoms with Crippen molar-refractivity contribution in [3.63, 3.8) is 0 Å². The van der Waals surface area contributed by atoms with Gasteiger partial charge in [0.1, 0.15) is 37.6 Å². The number of carbonyl (C=O) groups excluding carboxylic acids is 3. The molecule has 5 rings (SSSR count). The highest BCUT2D eigenvalue weighted by Crippen LogP contribution is 2.42. The van der Waals surface area contributed by atoms with Crippen molar-refractivity contribution in [3.8, 4) is 0 Å². The summed E-state index contributed by atoms with van der Waals surface area (Å²) in [5.41, 5.74) is -2.71. The highest BCUT2D eigenvalue weighted by molar-refractivity contribution is 5.89. The molecule has 0 radical (unpaired) electrons. The Balaban J connectivity index is 1.68. The zero-order chi connectivity index (χ0) is 55.4. The second-order valence-electron chi connectivity index (χ2n) is 21.1. The first-order chi connectivity index (χ1) is 35.4. The van der Waals surface area contributed by atoms with Crippen LogP contribution in [0.15, 0.2) is 78.5 Å². The van der Waals surface area contributed by atoms with Crippen LogP contribution in [-0.4, -0.2) is 156 Å². The molecule has 2 aromatic carbocycles. The normalized spacial score (nSPS) is 37.6. The topological polar surface area (TPSA) is 229 Å². The number of hydrogen-bond donors (Lipinski definition) is 3. The molecule has 2 aromatic rings. The maximum Gasteiger partial charge on any atom is 0.509 e. The number of hydrogen-bond acceptors (Lipinski definition) is 18. The van der Waals surface area contributed by atoms with E-state index in [1.807, 2.05) is 69.3 Å². The Morgan fingerprint density at radius 2 is 1.43 bits per heavy atom. The Morgan fingerprint density at radius 3 is 2.00 bits per heavy atom. The van der Waals surface area contributed by atoms with Crippen molar-refractivity contribution < 1.29 is 81.9 Å². The Morgan fingerprint density at radius 1 is 0.827 bits per heavy atom. The fourth-order valence-electron chi connectivity index (χ4n) is 10.7. The summed E-state index contributed by atoms with van der Waals surface area (Å²) in [5, 5.41) is 40.0. The molecule has 19 nitrogen and oxygen atoms in total. The molecule has 420 valence electrons. The lowest BCUT2D eigenvalue weighted by Crippen LogP contribution is -2.62. The van der Waals surface area contributed by atoms with Gasteiger partial charge in [-0.05, 0) is 71.9 Å². The fraction of sp³-hybridized carbons (Fsp3) is 0.679. The molecular weight excluding hydrogens is 973 g/mol. The van der Waals surface area contributed by atoms with Crippen LogP contribution in [0.5, 0.6) is 0 Å². The van der Waals surface area contributed by atoms with Gasteiger partial charge in [-0.1, -0.05) is 106 Å². The van der Waals surface area contributed by atoms with Gasteiger partial charge in [0.15, 0.2) is 18.7 Å². The lowest BCUT2D eigenvalue weighted by atomic mass is 9.73. The molecule has 19 heteroatoms. The molecule has 0 aliphatic carbocycles. The number of aliphatic hydroxyl groups is 3. The van der Waals surface area contributed by atoms with Crippen molar-refractivity contribution in [2.24, 2.45) is 28.8 Å². The van der Waals surface area contributed by atoms with Crippen LogP contribution >= 0.6 is 0 Å². The second-order valence-corrected chi connectivity index (χ2v) is 21.1. The lowest BCUT2D eigenvalue weighted by Gasteiger charge is -2.50. The number of rotatable bonds is 16. The first-order valence-corrected chi connectivity index (χ1v) is 26.1. The number of likely N-dealkylation sites (N-methyl/N-ethyl adjacent to an activating group) is 1. The van der Waals surface area contributed by atoms with E-state index in [1.165, 1.54) is 32.1 Å². The summed E-state index contributed by atoms with van der Waals surface area (Å²) in [4.78, 5) is 49.8. The molecule has 3 fully saturated rings. The predicted octanol–water partition coefficient (Wildman–Crippen LogP) is 7.50. The van der Waals surface area contributed by atoms with Gasteiger partial charge in [-0.25, -0.2) is 9.59 Å². The first kappa shape index (κ1) is 61.2. The summed E-state index contributed by atoms with van der Waals surface area (Å²) in [6, 6.07) is 17.3. The van der Waals surface area contributed by atoms with E-state index in [-0.39, 0.29) is 45.5 Å². The molecule has 1 amide bonds. The Bertz CT molecular complexity index is 2170. The van der Waals surface area contributed by atoms with E-state index < -0.39 is 126 Å². The van der Waals surface area contributed by atoms with Gasteiger partial charge in [-0.15, -0.1) is 0 Å². The number of methoxy groups -OCH3 is 2. The third kappa shape index (κ3) is 15.1. The maximum atomic E-state index is 14.8. The number of carbonyl (C=O) groups is 3. The van der Waals surface area contributed by atoms with Crippen LogP contribution in [-0.2, 0) is 70.2 Å². The third-order valence-electron chi connectivity index (χ3n) is 15.4. The summed E-state index contributed by atoms with van der Waals surface area (Å²) >= 11 is 0. The Kier molecular flexibility index (Phi) is 22.1. The van der Waals surface area contributed by atoms with Gasteiger partial charge in [0.05, 0.1) is 59.4 Å². The number of esters is 1. The van der Waals surface area contributed by atoms with E-state index >= 15 is 0 Å². The second kappa shape index (κ2) is 27.1. The number of nitrogens with zero attached hydrogens (tertiary/aromatic N) is 2. The van der Waals surface area contributed by atoms with Crippen LogP contribution in [0.2, 0.25) is 0 Å². The maximum absolute atomic E-state index is 14.8. The van der Waals surface area contributed by atoms with Crippen LogP contribution in [0.3, 0.4) is 0 Å². The molecule has 0 aromatic heterocycles. The lowest BCUT2D eigenvalue weighted by molar-refractivity contribution is -0.319. The molecular formula is C56H84N2O17. The summed E-state index contributed by atoms with van der Waals surface area (Å²) in [6.07, 6.45) is -11.2. The molecule has 0 bridgehead atoms. The third-order valence-corrected chi connectivity index (χ3v) is 15.4. The highest BCUT2D eigenvalue weighted by atomic mass is 16.8. The largest absolute Gasteiger partial charge is 0.509 e. The smallest absolute Gasteiger partial charge is 0.459 e. The van der Waals surface area contributed by atoms with E-state index in [4.69, 9.17) is 52.2 Å². The van der Waals surface area contributed by atoms with Crippen LogP contribution < -0.4 is 0 Å². The predicted molar refractivity (Wildman–Crippen MR) is 276 cm³/mol. The minimum Gasteiger partial charge on any atom is -0.459 e. The number of aliphatic hydroxyl groups excluding tert-OH is 2. The minimum atomic E-state index is -1.99. The molecule has 0 unspecified atom stereocenters. The molecule has 3 N–H and O–H groups in total. The number of cyclic esters (lactones) is 1. The first-order valence-electron chi connectivity index (χ1n) is 26.1. The molecule has 3 heterocycles. The standard InChI is InChI=1S/C56H84N2O17/c1-15-27-69-57-44-33(3)29-55(10,66-14)49(36(6)45(73-43-30-54(9,65-13)48(60)38(8)71-43)37(7)50(61)72-42(16-2)56(11,64)47(59)35(44)5)75-51-46(74-53(63)68-32-40-25-21-18-22-26-40)41(28-34(4)70-51)58(12)52(62)67-31-39-23-19-17-20-24-39/h15,17-26,33-38,41-43,45-49,51,59-60,64H,1,16,27-32H2,2-14H3/b57-44+/t33-,34-,35+,36+,37-,38+,41+,42-,43+,45+,46-,47-,48+,49-,51+,54-,55-,56-/m1/s1. The van der Waals surface area contributed by atoms with E-state index in [9.17, 15) is 29.7 Å². The van der Waals surface area contributed by atoms with Gasteiger partial charge in [0.2, 0.25) is 0 Å². The molecule has 3 saturated heterocycles. The molecule has 0 spiro atoms. The summed E-state index contributed by atoms with van der Waals surface area (Å²) < 4.78 is 63.4. The van der Waals surface area contributed by atoms with Crippen LogP contribution in [0.4, 0.5) is 9.59 Å². The summed E-state index contributed by atoms with van der Waals surface area (Å²) in [5.74, 6) is -4.27. The van der Waals surface area contributed by atoms with E-state index in [1.54, 1.807) is 60.7 Å². The van der Waals surface area contributed by atoms with Crippen molar-refractivity contribution in [2.45, 2.75) is 192 Å². The number of amides is 1. The monoisotopic (exact) mass is 1060 g/mol. The Labute approximate surface area is 443 Å². The van der Waals surface area contributed by atoms with Crippen LogP contribution in [0, 0.1) is 23.7 Å². The van der Waals surface area contributed by atoms with Crippen molar-refractivity contribution >= 4 is 23.9 Å². The summed E-state index contributed by atoms with van der Waals surface area (Å²) in [6.45, 7) is 20.8. The zero-order valence-corrected chi connectivity index (χ0v) is 46.1. The van der Waals surface area contributed by atoms with E-state index in [0.717, 1.165) is 5.56 Å². The molecule has 0 saturated carbocycles. The molecule has 18 atom stereocenters. The zero-order valence-electron chi connectivity index (χ0n) is 46.1. The van der Waals surface area contributed by atoms with Gasteiger partial charge in [0.25, 0.3) is 0 Å². The molecule has 75 heavy (non-hydrogen) atoms. The van der Waals surface area contributed by atoms with Crippen LogP contribution in [0.25, 0.3) is 0 Å². The van der Waals surface area contributed by atoms with Gasteiger partial charge in [0, 0.05) is 45.4 Å². The Hall–Kier alpha value is -4.70. The van der Waals surface area contributed by atoms with E-state index in [2.05, 4.69) is 11.7 Å². The number of oxime groups is 1. The van der Waals surface area contributed by atoms with Crippen molar-refractivity contribution in [1.29, 1.82) is 0 Å². The average molecular weight is 1060 g/mol. The van der Waals surface area contributed by atoms with E-state index in [0.29, 0.717) is 11.3 Å². The van der Waals surface area contributed by atoms with Gasteiger partial charge in [-0.3, -0.25) is 4.79 Å². The number of ether oxygens (including phenoxy) is 10.